The minimum Gasteiger partial charge on any atom is -0.462 e. The molecule has 0 aliphatic heterocycles. The van der Waals surface area contributed by atoms with Crippen LogP contribution in [0.1, 0.15) is 70.4 Å². The van der Waals surface area contributed by atoms with Gasteiger partial charge in [0.15, 0.2) is 5.60 Å². The maximum absolute atomic E-state index is 12.1. The monoisotopic (exact) mass is 438 g/mol. The van der Waals surface area contributed by atoms with Gasteiger partial charge in [0.1, 0.15) is 11.9 Å². The fourth-order valence-corrected chi connectivity index (χ4v) is 6.83. The molecule has 0 amide bonds. The van der Waals surface area contributed by atoms with Crippen LogP contribution in [0.2, 0.25) is 0 Å². The zero-order chi connectivity index (χ0) is 23.3. The number of terminal acetylenes is 1. The molecule has 170 valence electrons. The highest BCUT2D eigenvalue weighted by molar-refractivity contribution is 5.69. The maximum atomic E-state index is 12.1. The van der Waals surface area contributed by atoms with Crippen LogP contribution < -0.4 is 4.74 Å². The lowest BCUT2D eigenvalue weighted by Gasteiger charge is -2.55. The normalized spacial score (nSPS) is 34.8. The number of hydrogen-bond acceptors (Lipinski definition) is 6. The van der Waals surface area contributed by atoms with E-state index in [1.54, 1.807) is 6.07 Å². The van der Waals surface area contributed by atoms with Gasteiger partial charge in [0.2, 0.25) is 0 Å². The third kappa shape index (κ3) is 3.48. The quantitative estimate of drug-likeness (QED) is 0.404. The van der Waals surface area contributed by atoms with Crippen LogP contribution in [0.3, 0.4) is 0 Å². The molecule has 3 aliphatic rings. The number of carbonyl (C=O) groups is 3. The zero-order valence-electron chi connectivity index (χ0n) is 19.1. The van der Waals surface area contributed by atoms with Gasteiger partial charge in [-0.25, -0.2) is 0 Å². The highest BCUT2D eigenvalue weighted by atomic mass is 16.6. The smallest absolute Gasteiger partial charge is 0.308 e. The first-order chi connectivity index (χ1) is 15.1. The summed E-state index contributed by atoms with van der Waals surface area (Å²) in [6, 6.07) is 5.73. The van der Waals surface area contributed by atoms with Crippen molar-refractivity contribution in [2.45, 2.75) is 77.4 Å². The van der Waals surface area contributed by atoms with Crippen molar-refractivity contribution in [2.24, 2.45) is 17.3 Å². The van der Waals surface area contributed by atoms with Crippen LogP contribution in [0.25, 0.3) is 0 Å². The van der Waals surface area contributed by atoms with Crippen molar-refractivity contribution in [3.05, 3.63) is 29.3 Å². The Balaban J connectivity index is 1.76. The number of ether oxygens (including phenoxy) is 3. The fourth-order valence-electron chi connectivity index (χ4n) is 6.83. The van der Waals surface area contributed by atoms with E-state index in [0.29, 0.717) is 18.6 Å². The molecule has 0 bridgehead atoms. The Morgan fingerprint density at radius 3 is 2.47 bits per heavy atom. The van der Waals surface area contributed by atoms with E-state index < -0.39 is 11.0 Å². The summed E-state index contributed by atoms with van der Waals surface area (Å²) in [7, 11) is 0. The Morgan fingerprint density at radius 2 is 1.84 bits per heavy atom. The summed E-state index contributed by atoms with van der Waals surface area (Å²) in [6.45, 7) is 6.29. The molecule has 0 radical (unpaired) electrons. The van der Waals surface area contributed by atoms with Gasteiger partial charge in [0.25, 0.3) is 0 Å². The van der Waals surface area contributed by atoms with Gasteiger partial charge in [0.05, 0.1) is 0 Å². The van der Waals surface area contributed by atoms with E-state index in [4.69, 9.17) is 20.6 Å². The highest BCUT2D eigenvalue weighted by Crippen LogP contribution is 2.65. The summed E-state index contributed by atoms with van der Waals surface area (Å²) < 4.78 is 17.0. The van der Waals surface area contributed by atoms with Crippen LogP contribution in [0, 0.1) is 29.6 Å². The molecule has 2 fully saturated rings. The van der Waals surface area contributed by atoms with Gasteiger partial charge < -0.3 is 14.2 Å². The Labute approximate surface area is 189 Å². The largest absolute Gasteiger partial charge is 0.462 e. The van der Waals surface area contributed by atoms with Crippen LogP contribution in [0.15, 0.2) is 18.2 Å². The van der Waals surface area contributed by atoms with E-state index in [2.05, 4.69) is 12.8 Å². The minimum atomic E-state index is -0.994. The Morgan fingerprint density at radius 1 is 1.09 bits per heavy atom. The summed E-state index contributed by atoms with van der Waals surface area (Å²) in [5, 5.41) is 0. The molecule has 0 aromatic heterocycles. The molecule has 32 heavy (non-hydrogen) atoms. The molecule has 1 aromatic carbocycles. The molecule has 0 spiro atoms. The Bertz CT molecular complexity index is 1010. The second kappa shape index (κ2) is 7.95. The SMILES string of the molecule is C#C[C@@]1(OC(C)=O)CC[C@@H]2[C@@H]3CCc4cc(OC(C)=O)ccc4[C@H]3[C@H](OC(C)=O)C[C@]21C. The number of carbonyl (C=O) groups excluding carboxylic acids is 3. The minimum absolute atomic E-state index is 0.0259. The topological polar surface area (TPSA) is 78.9 Å². The summed E-state index contributed by atoms with van der Waals surface area (Å²) in [6.07, 6.45) is 9.34. The number of benzene rings is 1. The second-order valence-corrected chi connectivity index (χ2v) is 9.66. The first-order valence-corrected chi connectivity index (χ1v) is 11.3. The lowest BCUT2D eigenvalue weighted by atomic mass is 9.52. The van der Waals surface area contributed by atoms with Gasteiger partial charge in [0, 0.05) is 32.1 Å². The van der Waals surface area contributed by atoms with Crippen molar-refractivity contribution in [1.29, 1.82) is 0 Å². The van der Waals surface area contributed by atoms with Gasteiger partial charge in [-0.1, -0.05) is 18.9 Å². The first-order valence-electron chi connectivity index (χ1n) is 11.3. The van der Waals surface area contributed by atoms with E-state index in [-0.39, 0.29) is 41.8 Å². The first kappa shape index (κ1) is 22.4. The van der Waals surface area contributed by atoms with Gasteiger partial charge in [-0.3, -0.25) is 14.4 Å². The summed E-state index contributed by atoms with van der Waals surface area (Å²) in [5.41, 5.74) is 0.777. The third-order valence-electron chi connectivity index (χ3n) is 7.90. The molecule has 4 rings (SSSR count). The van der Waals surface area contributed by atoms with E-state index in [1.165, 1.54) is 20.8 Å². The van der Waals surface area contributed by atoms with Crippen LogP contribution in [0.5, 0.6) is 5.75 Å². The molecule has 6 nitrogen and oxygen atoms in total. The highest BCUT2D eigenvalue weighted by Gasteiger charge is 2.66. The molecule has 0 heterocycles. The molecule has 3 aliphatic carbocycles. The predicted molar refractivity (Wildman–Crippen MR) is 117 cm³/mol. The van der Waals surface area contributed by atoms with E-state index in [0.717, 1.165) is 30.4 Å². The van der Waals surface area contributed by atoms with Gasteiger partial charge in [-0.2, -0.15) is 0 Å². The van der Waals surface area contributed by atoms with Crippen LogP contribution in [-0.2, 0) is 30.3 Å². The van der Waals surface area contributed by atoms with E-state index in [9.17, 15) is 14.4 Å². The number of esters is 3. The van der Waals surface area contributed by atoms with Crippen molar-refractivity contribution >= 4 is 17.9 Å². The number of aryl methyl sites for hydroxylation is 1. The molecular weight excluding hydrogens is 408 g/mol. The molecule has 0 N–H and O–H groups in total. The number of hydrogen-bond donors (Lipinski definition) is 0. The van der Waals surface area contributed by atoms with Crippen molar-refractivity contribution in [3.8, 4) is 18.1 Å². The maximum Gasteiger partial charge on any atom is 0.308 e. The lowest BCUT2D eigenvalue weighted by molar-refractivity contribution is -0.179. The molecule has 2 saturated carbocycles. The van der Waals surface area contributed by atoms with Gasteiger partial charge in [-0.15, -0.1) is 6.42 Å². The average molecular weight is 439 g/mol. The predicted octanol–water partition coefficient (Wildman–Crippen LogP) is 3.94. The van der Waals surface area contributed by atoms with Crippen LogP contribution in [-0.4, -0.2) is 29.6 Å². The Kier molecular flexibility index (Phi) is 5.56. The summed E-state index contributed by atoms with van der Waals surface area (Å²) in [4.78, 5) is 35.4. The van der Waals surface area contributed by atoms with Crippen LogP contribution >= 0.6 is 0 Å². The number of fused-ring (bicyclic) bond motifs is 5. The summed E-state index contributed by atoms with van der Waals surface area (Å²) in [5.74, 6) is 2.80. The van der Waals surface area contributed by atoms with Gasteiger partial charge in [-0.05, 0) is 67.2 Å². The van der Waals surface area contributed by atoms with Crippen molar-refractivity contribution < 1.29 is 28.6 Å². The van der Waals surface area contributed by atoms with Crippen molar-refractivity contribution in [3.63, 3.8) is 0 Å². The van der Waals surface area contributed by atoms with Crippen molar-refractivity contribution in [2.75, 3.05) is 0 Å². The average Bonchev–Trinajstić information content (AvgIpc) is 2.98. The molecule has 6 atom stereocenters. The van der Waals surface area contributed by atoms with E-state index in [1.807, 2.05) is 12.1 Å². The molecule has 1 aromatic rings. The molecule has 0 unspecified atom stereocenters. The molecule has 0 saturated heterocycles. The molecular formula is C26H30O6. The van der Waals surface area contributed by atoms with Crippen molar-refractivity contribution in [1.82, 2.24) is 0 Å². The Hall–Kier alpha value is -2.81. The fraction of sp³-hybridized carbons (Fsp3) is 0.577. The number of rotatable bonds is 3. The standard InChI is InChI=1S/C26H30O6/c1-6-26(32-17(4)29)12-11-22-21-9-7-18-13-19(30-15(2)27)8-10-20(18)24(21)23(31-16(3)28)14-25(22,26)5/h1,8,10,13,21-24H,7,9,11-12,14H2,2-5H3/t21-,22+,23+,24+,25+,26+/m0/s1. The second-order valence-electron chi connectivity index (χ2n) is 9.66. The van der Waals surface area contributed by atoms with Gasteiger partial charge >= 0.3 is 17.9 Å². The lowest BCUT2D eigenvalue weighted by Crippen LogP contribution is -2.56. The zero-order valence-corrected chi connectivity index (χ0v) is 19.1. The summed E-state index contributed by atoms with van der Waals surface area (Å²) >= 11 is 0. The van der Waals surface area contributed by atoms with Crippen LogP contribution in [0.4, 0.5) is 0 Å². The van der Waals surface area contributed by atoms with E-state index >= 15 is 0 Å². The molecule has 6 heteroatoms. The third-order valence-corrected chi connectivity index (χ3v) is 7.90.